The van der Waals surface area contributed by atoms with Gasteiger partial charge in [0.05, 0.1) is 11.9 Å². The van der Waals surface area contributed by atoms with Crippen LogP contribution in [0.25, 0.3) is 11.4 Å². The van der Waals surface area contributed by atoms with Crippen molar-refractivity contribution in [3.63, 3.8) is 0 Å². The molecule has 160 valence electrons. The van der Waals surface area contributed by atoms with Gasteiger partial charge in [-0.15, -0.1) is 0 Å². The third-order valence-corrected chi connectivity index (χ3v) is 4.28. The average molecular weight is 436 g/mol. The van der Waals surface area contributed by atoms with E-state index in [1.54, 1.807) is 17.8 Å². The molecule has 0 aliphatic carbocycles. The molecule has 13 heteroatoms. The van der Waals surface area contributed by atoms with Gasteiger partial charge < -0.3 is 19.7 Å². The Morgan fingerprint density at radius 1 is 1.16 bits per heavy atom. The van der Waals surface area contributed by atoms with Gasteiger partial charge in [-0.2, -0.15) is 18.2 Å². The van der Waals surface area contributed by atoms with Gasteiger partial charge in [-0.1, -0.05) is 11.2 Å². The van der Waals surface area contributed by atoms with E-state index in [0.717, 1.165) is 6.07 Å². The zero-order valence-electron chi connectivity index (χ0n) is 15.6. The van der Waals surface area contributed by atoms with E-state index >= 15 is 0 Å². The van der Waals surface area contributed by atoms with E-state index in [9.17, 15) is 27.2 Å². The number of halogens is 4. The van der Waals surface area contributed by atoms with Crippen LogP contribution in [0.5, 0.6) is 0 Å². The Morgan fingerprint density at radius 3 is 2.52 bits per heavy atom. The summed E-state index contributed by atoms with van der Waals surface area (Å²) in [4.78, 5) is 30.8. The molecule has 4 rings (SSSR count). The molecular weight excluding hydrogens is 424 g/mol. The summed E-state index contributed by atoms with van der Waals surface area (Å²) in [6.07, 6.45) is -1.73. The van der Waals surface area contributed by atoms with Crippen molar-refractivity contribution in [1.29, 1.82) is 0 Å². The summed E-state index contributed by atoms with van der Waals surface area (Å²) in [6.45, 7) is -0.0288. The average Bonchev–Trinajstić information content (AvgIpc) is 3.36. The molecule has 2 aromatic carbocycles. The lowest BCUT2D eigenvalue weighted by atomic mass is 10.1. The molecule has 0 aliphatic rings. The van der Waals surface area contributed by atoms with Gasteiger partial charge in [0.1, 0.15) is 23.0 Å². The predicted octanol–water partition coefficient (Wildman–Crippen LogP) is 2.58. The Bertz CT molecular complexity index is 1330. The Morgan fingerprint density at radius 2 is 1.90 bits per heavy atom. The first kappa shape index (κ1) is 20.3. The Hall–Kier alpha value is -4.03. The second-order valence-corrected chi connectivity index (χ2v) is 6.55. The van der Waals surface area contributed by atoms with Gasteiger partial charge in [-0.3, -0.25) is 9.59 Å². The zero-order chi connectivity index (χ0) is 22.3. The fourth-order valence-electron chi connectivity index (χ4n) is 2.77. The normalized spacial score (nSPS) is 11.8. The highest BCUT2D eigenvalue weighted by Gasteiger charge is 2.38. The summed E-state index contributed by atoms with van der Waals surface area (Å²) in [7, 11) is 1.73. The number of aromatic nitrogens is 4. The Balaban J connectivity index is 1.49. The number of imidazole rings is 1. The van der Waals surface area contributed by atoms with Crippen LogP contribution in [0.4, 0.5) is 34.8 Å². The van der Waals surface area contributed by atoms with Gasteiger partial charge in [0.15, 0.2) is 0 Å². The minimum atomic E-state index is -4.84. The third kappa shape index (κ3) is 3.89. The molecule has 0 atom stereocenters. The fraction of sp³-hybridized carbons (Fsp3) is 0.167. The molecule has 0 saturated carbocycles. The lowest BCUT2D eigenvalue weighted by molar-refractivity contribution is -0.159. The predicted molar refractivity (Wildman–Crippen MR) is 99.9 cm³/mol. The van der Waals surface area contributed by atoms with Gasteiger partial charge in [0, 0.05) is 19.8 Å². The van der Waals surface area contributed by atoms with Crippen LogP contribution in [0.2, 0.25) is 0 Å². The standard InChI is InChI=1S/C18H12F4N6O3/c1-28-6-11(24-7-28)25-13-12(14(29)15(13)30)23-5-8-2-3-9(10(19)4-8)16-26-17(31-27-16)18(20,21)22/h2-4,6-7,23,25H,5H2,1H3. The molecule has 2 aromatic heterocycles. The quantitative estimate of drug-likeness (QED) is 0.350. The highest BCUT2D eigenvalue weighted by molar-refractivity contribution is 5.77. The van der Waals surface area contributed by atoms with Crippen molar-refractivity contribution >= 4 is 17.2 Å². The van der Waals surface area contributed by atoms with E-state index in [4.69, 9.17) is 0 Å². The summed E-state index contributed by atoms with van der Waals surface area (Å²) < 4.78 is 57.8. The van der Waals surface area contributed by atoms with Crippen molar-refractivity contribution in [2.45, 2.75) is 12.7 Å². The van der Waals surface area contributed by atoms with E-state index in [0.29, 0.717) is 11.4 Å². The van der Waals surface area contributed by atoms with E-state index in [1.165, 1.54) is 18.5 Å². The molecule has 2 N–H and O–H groups in total. The summed E-state index contributed by atoms with van der Waals surface area (Å²) in [5.74, 6) is -2.65. The van der Waals surface area contributed by atoms with Gasteiger partial charge in [-0.25, -0.2) is 9.37 Å². The molecule has 0 bridgehead atoms. The number of rotatable bonds is 6. The lowest BCUT2D eigenvalue weighted by Crippen LogP contribution is -2.36. The summed E-state index contributed by atoms with van der Waals surface area (Å²) in [5.41, 5.74) is -1.32. The van der Waals surface area contributed by atoms with E-state index in [2.05, 4.69) is 30.3 Å². The minimum Gasteiger partial charge on any atom is -0.376 e. The Kier molecular flexibility index (Phi) is 4.79. The summed E-state index contributed by atoms with van der Waals surface area (Å²) in [5, 5.41) is 8.64. The SMILES string of the molecule is Cn1cnc(Nc2c(NCc3ccc(-c4noc(C(F)(F)F)n4)c(F)c3)c(=O)c2=O)c1. The monoisotopic (exact) mass is 436 g/mol. The molecule has 31 heavy (non-hydrogen) atoms. The Labute approximate surface area is 170 Å². The van der Waals surface area contributed by atoms with Crippen LogP contribution in [0.15, 0.2) is 44.8 Å². The van der Waals surface area contributed by atoms with Crippen LogP contribution in [-0.2, 0) is 19.8 Å². The van der Waals surface area contributed by atoms with Gasteiger partial charge in [-0.05, 0) is 17.7 Å². The van der Waals surface area contributed by atoms with Crippen molar-refractivity contribution in [3.8, 4) is 11.4 Å². The maximum Gasteiger partial charge on any atom is 0.471 e. The number of nitrogens with zero attached hydrogens (tertiary/aromatic N) is 4. The van der Waals surface area contributed by atoms with Crippen LogP contribution in [-0.4, -0.2) is 19.7 Å². The maximum absolute atomic E-state index is 14.4. The number of hydrogen-bond donors (Lipinski definition) is 2. The van der Waals surface area contributed by atoms with Gasteiger partial charge >= 0.3 is 12.1 Å². The third-order valence-electron chi connectivity index (χ3n) is 4.28. The maximum atomic E-state index is 14.4. The lowest BCUT2D eigenvalue weighted by Gasteiger charge is -2.14. The van der Waals surface area contributed by atoms with Crippen molar-refractivity contribution in [3.05, 3.63) is 68.4 Å². The number of aryl methyl sites for hydroxylation is 1. The van der Waals surface area contributed by atoms with Crippen LogP contribution in [0.1, 0.15) is 11.5 Å². The highest BCUT2D eigenvalue weighted by Crippen LogP contribution is 2.30. The first-order valence-electron chi connectivity index (χ1n) is 8.65. The summed E-state index contributed by atoms with van der Waals surface area (Å²) in [6, 6.07) is 3.64. The van der Waals surface area contributed by atoms with E-state index in [1.807, 2.05) is 0 Å². The molecule has 0 radical (unpaired) electrons. The summed E-state index contributed by atoms with van der Waals surface area (Å²) >= 11 is 0. The van der Waals surface area contributed by atoms with Crippen molar-refractivity contribution in [2.75, 3.05) is 10.6 Å². The minimum absolute atomic E-state index is 0.0214. The molecule has 0 unspecified atom stereocenters. The van der Waals surface area contributed by atoms with E-state index in [-0.39, 0.29) is 23.5 Å². The van der Waals surface area contributed by atoms with Crippen molar-refractivity contribution in [1.82, 2.24) is 19.7 Å². The zero-order valence-corrected chi connectivity index (χ0v) is 15.6. The van der Waals surface area contributed by atoms with Crippen molar-refractivity contribution < 1.29 is 22.1 Å². The molecule has 9 nitrogen and oxygen atoms in total. The molecule has 0 saturated heterocycles. The first-order chi connectivity index (χ1) is 14.6. The van der Waals surface area contributed by atoms with E-state index < -0.39 is 34.6 Å². The van der Waals surface area contributed by atoms with Crippen LogP contribution >= 0.6 is 0 Å². The van der Waals surface area contributed by atoms with Crippen LogP contribution in [0, 0.1) is 5.82 Å². The molecule has 4 aromatic rings. The second kappa shape index (κ2) is 7.34. The number of hydrogen-bond acceptors (Lipinski definition) is 8. The van der Waals surface area contributed by atoms with Crippen molar-refractivity contribution in [2.24, 2.45) is 7.05 Å². The van der Waals surface area contributed by atoms with Gasteiger partial charge in [0.2, 0.25) is 5.82 Å². The molecule has 0 aliphatic heterocycles. The molecular formula is C18H12F4N6O3. The second-order valence-electron chi connectivity index (χ2n) is 6.55. The van der Waals surface area contributed by atoms with Crippen LogP contribution in [0.3, 0.4) is 0 Å². The fourth-order valence-corrected chi connectivity index (χ4v) is 2.77. The number of anilines is 3. The smallest absolute Gasteiger partial charge is 0.376 e. The largest absolute Gasteiger partial charge is 0.471 e. The highest BCUT2D eigenvalue weighted by atomic mass is 19.4. The topological polar surface area (TPSA) is 115 Å². The molecule has 0 spiro atoms. The number of nitrogens with one attached hydrogen (secondary N) is 2. The molecule has 0 fully saturated rings. The first-order valence-corrected chi connectivity index (χ1v) is 8.65. The molecule has 0 amide bonds. The number of benzene rings is 1. The number of alkyl halides is 3. The molecule has 2 heterocycles. The van der Waals surface area contributed by atoms with Crippen LogP contribution < -0.4 is 21.5 Å². The van der Waals surface area contributed by atoms with Gasteiger partial charge in [0.25, 0.3) is 10.9 Å².